The molecular formula is C19H20FNO. The summed E-state index contributed by atoms with van der Waals surface area (Å²) in [6.07, 6.45) is 0.669. The molecule has 2 aromatic carbocycles. The van der Waals surface area contributed by atoms with Gasteiger partial charge in [-0.25, -0.2) is 9.38 Å². The van der Waals surface area contributed by atoms with Crippen molar-refractivity contribution in [3.63, 3.8) is 0 Å². The van der Waals surface area contributed by atoms with Crippen LogP contribution in [0.4, 0.5) is 4.39 Å². The Morgan fingerprint density at radius 2 is 1.91 bits per heavy atom. The quantitative estimate of drug-likeness (QED) is 0.828. The van der Waals surface area contributed by atoms with Crippen LogP contribution in [-0.4, -0.2) is 18.0 Å². The van der Waals surface area contributed by atoms with Crippen LogP contribution >= 0.6 is 0 Å². The van der Waals surface area contributed by atoms with Crippen LogP contribution in [0.15, 0.2) is 47.5 Å². The summed E-state index contributed by atoms with van der Waals surface area (Å²) in [7, 11) is 0. The van der Waals surface area contributed by atoms with Crippen molar-refractivity contribution < 1.29 is 9.13 Å². The molecule has 0 aromatic heterocycles. The molecule has 0 spiro atoms. The zero-order valence-corrected chi connectivity index (χ0v) is 13.2. The minimum absolute atomic E-state index is 0.219. The summed E-state index contributed by atoms with van der Waals surface area (Å²) >= 11 is 0. The van der Waals surface area contributed by atoms with E-state index < -0.39 is 0 Å². The fraction of sp³-hybridized carbons (Fsp3) is 0.316. The maximum Gasteiger partial charge on any atom is 0.217 e. The molecule has 114 valence electrons. The Hall–Kier alpha value is -2.16. The van der Waals surface area contributed by atoms with Crippen LogP contribution in [0.1, 0.15) is 36.1 Å². The van der Waals surface area contributed by atoms with E-state index in [9.17, 15) is 4.39 Å². The molecule has 0 bridgehead atoms. The summed E-state index contributed by atoms with van der Waals surface area (Å²) in [5, 5.41) is 0. The third-order valence-electron chi connectivity index (χ3n) is 3.91. The van der Waals surface area contributed by atoms with Gasteiger partial charge in [-0.3, -0.25) is 0 Å². The minimum Gasteiger partial charge on any atom is -0.475 e. The highest BCUT2D eigenvalue weighted by Crippen LogP contribution is 2.25. The lowest BCUT2D eigenvalue weighted by Crippen LogP contribution is -2.17. The highest BCUT2D eigenvalue weighted by atomic mass is 19.1. The first kappa shape index (κ1) is 14.8. The summed E-state index contributed by atoms with van der Waals surface area (Å²) in [6, 6.07) is 13.0. The molecule has 2 nitrogen and oxygen atoms in total. The van der Waals surface area contributed by atoms with Crippen LogP contribution < -0.4 is 0 Å². The first-order valence-electron chi connectivity index (χ1n) is 7.51. The van der Waals surface area contributed by atoms with Gasteiger partial charge in [0.1, 0.15) is 12.4 Å². The fourth-order valence-corrected chi connectivity index (χ4v) is 2.65. The number of aryl methyl sites for hydroxylation is 1. The van der Waals surface area contributed by atoms with E-state index in [1.165, 1.54) is 17.2 Å². The molecule has 1 heterocycles. The monoisotopic (exact) mass is 297 g/mol. The van der Waals surface area contributed by atoms with E-state index >= 15 is 0 Å². The van der Waals surface area contributed by atoms with Gasteiger partial charge in [-0.05, 0) is 62.1 Å². The molecule has 0 atom stereocenters. The van der Waals surface area contributed by atoms with Gasteiger partial charge in [0.2, 0.25) is 5.90 Å². The van der Waals surface area contributed by atoms with E-state index in [-0.39, 0.29) is 11.4 Å². The van der Waals surface area contributed by atoms with Crippen LogP contribution in [0.25, 0.3) is 0 Å². The van der Waals surface area contributed by atoms with Gasteiger partial charge in [0.15, 0.2) is 0 Å². The number of benzene rings is 2. The van der Waals surface area contributed by atoms with Crippen LogP contribution in [0.2, 0.25) is 0 Å². The number of nitrogens with zero attached hydrogens (tertiary/aromatic N) is 1. The lowest BCUT2D eigenvalue weighted by Gasteiger charge is -2.11. The second-order valence-electron chi connectivity index (χ2n) is 6.42. The van der Waals surface area contributed by atoms with Crippen molar-refractivity contribution in [1.82, 2.24) is 0 Å². The van der Waals surface area contributed by atoms with Gasteiger partial charge in [0.25, 0.3) is 0 Å². The van der Waals surface area contributed by atoms with E-state index in [2.05, 4.69) is 24.0 Å². The molecule has 0 fully saturated rings. The fourth-order valence-electron chi connectivity index (χ4n) is 2.65. The average molecular weight is 297 g/mol. The van der Waals surface area contributed by atoms with Crippen LogP contribution in [0.3, 0.4) is 0 Å². The van der Waals surface area contributed by atoms with Gasteiger partial charge in [-0.15, -0.1) is 0 Å². The van der Waals surface area contributed by atoms with Gasteiger partial charge < -0.3 is 4.74 Å². The van der Waals surface area contributed by atoms with Crippen molar-refractivity contribution in [2.45, 2.75) is 32.7 Å². The summed E-state index contributed by atoms with van der Waals surface area (Å²) in [5.74, 6) is 0.388. The smallest absolute Gasteiger partial charge is 0.217 e. The summed E-state index contributed by atoms with van der Waals surface area (Å²) in [4.78, 5) is 4.62. The maximum absolute atomic E-state index is 13.7. The Morgan fingerprint density at radius 1 is 1.14 bits per heavy atom. The summed E-state index contributed by atoms with van der Waals surface area (Å²) in [5.41, 5.74) is 3.96. The predicted molar refractivity (Wildman–Crippen MR) is 87.0 cm³/mol. The van der Waals surface area contributed by atoms with E-state index in [0.717, 1.165) is 11.1 Å². The van der Waals surface area contributed by atoms with Crippen molar-refractivity contribution in [2.75, 3.05) is 6.61 Å². The Balaban J connectivity index is 2.01. The molecular weight excluding hydrogens is 277 g/mol. The molecule has 1 aliphatic rings. The molecule has 22 heavy (non-hydrogen) atoms. The van der Waals surface area contributed by atoms with Gasteiger partial charge in [-0.1, -0.05) is 24.3 Å². The lowest BCUT2D eigenvalue weighted by molar-refractivity contribution is 0.279. The normalized spacial score (nSPS) is 16.3. The van der Waals surface area contributed by atoms with E-state index in [0.29, 0.717) is 18.9 Å². The zero-order valence-electron chi connectivity index (χ0n) is 13.2. The number of aliphatic imine (C=N–C) groups is 1. The Labute approximate surface area is 130 Å². The number of ether oxygens (including phenoxy) is 1. The zero-order chi connectivity index (χ0) is 15.7. The largest absolute Gasteiger partial charge is 0.475 e. The highest BCUT2D eigenvalue weighted by molar-refractivity contribution is 5.97. The number of rotatable bonds is 3. The second kappa shape index (κ2) is 5.56. The molecule has 0 aliphatic carbocycles. The molecule has 3 heteroatoms. The summed E-state index contributed by atoms with van der Waals surface area (Å²) in [6.45, 7) is 6.69. The van der Waals surface area contributed by atoms with E-state index in [1.807, 2.05) is 26.0 Å². The molecule has 0 N–H and O–H groups in total. The standard InChI is InChI=1S/C19H20FNO/c1-13-6-4-5-7-14(13)10-15-11-16(20)8-9-17(15)18-21-19(2,3)12-22-18/h4-9,11H,10,12H2,1-3H3. The van der Waals surface area contributed by atoms with E-state index in [1.54, 1.807) is 12.1 Å². The number of hydrogen-bond donors (Lipinski definition) is 0. The summed E-state index contributed by atoms with van der Waals surface area (Å²) < 4.78 is 19.4. The van der Waals surface area contributed by atoms with Crippen LogP contribution in [0.5, 0.6) is 0 Å². The van der Waals surface area contributed by atoms with Crippen molar-refractivity contribution in [3.05, 3.63) is 70.5 Å². The molecule has 1 aliphatic heterocycles. The van der Waals surface area contributed by atoms with Crippen molar-refractivity contribution in [1.29, 1.82) is 0 Å². The maximum atomic E-state index is 13.7. The number of hydrogen-bond acceptors (Lipinski definition) is 2. The second-order valence-corrected chi connectivity index (χ2v) is 6.42. The van der Waals surface area contributed by atoms with Gasteiger partial charge in [-0.2, -0.15) is 0 Å². The predicted octanol–water partition coefficient (Wildman–Crippen LogP) is 4.28. The molecule has 0 saturated heterocycles. The first-order valence-corrected chi connectivity index (χ1v) is 7.51. The minimum atomic E-state index is -0.231. The molecule has 0 unspecified atom stereocenters. The average Bonchev–Trinajstić information content (AvgIpc) is 2.82. The highest BCUT2D eigenvalue weighted by Gasteiger charge is 2.28. The van der Waals surface area contributed by atoms with Crippen molar-refractivity contribution in [2.24, 2.45) is 4.99 Å². The first-order chi connectivity index (χ1) is 10.4. The van der Waals surface area contributed by atoms with Gasteiger partial charge >= 0.3 is 0 Å². The third-order valence-corrected chi connectivity index (χ3v) is 3.91. The molecule has 0 saturated carbocycles. The van der Waals surface area contributed by atoms with E-state index in [4.69, 9.17) is 4.74 Å². The number of halogens is 1. The molecule has 0 radical (unpaired) electrons. The van der Waals surface area contributed by atoms with Gasteiger partial charge in [0.05, 0.1) is 5.54 Å². The Bertz CT molecular complexity index is 734. The van der Waals surface area contributed by atoms with Crippen molar-refractivity contribution >= 4 is 5.90 Å². The van der Waals surface area contributed by atoms with Crippen LogP contribution in [-0.2, 0) is 11.2 Å². The SMILES string of the molecule is Cc1ccccc1Cc1cc(F)ccc1C1=NC(C)(C)CO1. The molecule has 2 aromatic rings. The Kier molecular flexibility index (Phi) is 3.73. The lowest BCUT2D eigenvalue weighted by atomic mass is 9.96. The van der Waals surface area contributed by atoms with Crippen molar-refractivity contribution in [3.8, 4) is 0 Å². The molecule has 0 amide bonds. The van der Waals surface area contributed by atoms with Crippen LogP contribution in [0, 0.1) is 12.7 Å². The topological polar surface area (TPSA) is 21.6 Å². The van der Waals surface area contributed by atoms with Gasteiger partial charge in [0, 0.05) is 5.56 Å². The third kappa shape index (κ3) is 3.03. The Morgan fingerprint density at radius 3 is 2.59 bits per heavy atom. The molecule has 3 rings (SSSR count).